The predicted octanol–water partition coefficient (Wildman–Crippen LogP) is 3.48. The molecule has 150 valence electrons. The second kappa shape index (κ2) is 8.63. The predicted molar refractivity (Wildman–Crippen MR) is 118 cm³/mol. The zero-order valence-corrected chi connectivity index (χ0v) is 17.1. The number of anilines is 4. The van der Waals surface area contributed by atoms with Gasteiger partial charge in [0.1, 0.15) is 5.82 Å². The first-order valence-electron chi connectivity index (χ1n) is 9.62. The number of piperazine rings is 1. The number of nitrogen functional groups attached to an aromatic ring is 1. The van der Waals surface area contributed by atoms with Crippen LogP contribution in [0.3, 0.4) is 0 Å². The molecule has 29 heavy (non-hydrogen) atoms. The topological polar surface area (TPSA) is 83.2 Å². The van der Waals surface area contributed by atoms with Crippen molar-refractivity contribution < 1.29 is 0 Å². The molecule has 0 aliphatic carbocycles. The van der Waals surface area contributed by atoms with Crippen molar-refractivity contribution in [3.05, 3.63) is 64.9 Å². The van der Waals surface area contributed by atoms with E-state index < -0.39 is 0 Å². The van der Waals surface area contributed by atoms with Crippen molar-refractivity contribution in [1.82, 2.24) is 19.9 Å². The zero-order valence-electron chi connectivity index (χ0n) is 16.3. The van der Waals surface area contributed by atoms with E-state index in [0.717, 1.165) is 48.1 Å². The van der Waals surface area contributed by atoms with Crippen molar-refractivity contribution >= 4 is 34.9 Å². The summed E-state index contributed by atoms with van der Waals surface area (Å²) in [5, 5.41) is 3.98. The van der Waals surface area contributed by atoms with Crippen LogP contribution in [0.2, 0.25) is 5.02 Å². The molecule has 0 amide bonds. The van der Waals surface area contributed by atoms with Crippen molar-refractivity contribution in [3.63, 3.8) is 0 Å². The highest BCUT2D eigenvalue weighted by molar-refractivity contribution is 6.30. The first kappa shape index (κ1) is 19.4. The standard InChI is InChI=1S/C21H24ClN7/c1-15-4-2-6-17(12-15)24-21-26-19(25-20(23)27-21)14-28-8-10-29(11-9-28)18-7-3-5-16(22)13-18/h2-7,12-13H,8-11,14H2,1H3,(H3,23,24,25,26,27). The SMILES string of the molecule is Cc1cccc(Nc2nc(N)nc(CN3CCN(c4cccc(Cl)c4)CC3)n2)c1. The molecular formula is C21H24ClN7. The Labute approximate surface area is 175 Å². The van der Waals surface area contributed by atoms with Crippen LogP contribution in [-0.2, 0) is 6.54 Å². The van der Waals surface area contributed by atoms with Gasteiger partial charge in [0.15, 0.2) is 0 Å². The first-order chi connectivity index (χ1) is 14.0. The number of nitrogens with zero attached hydrogens (tertiary/aromatic N) is 5. The Morgan fingerprint density at radius 3 is 2.55 bits per heavy atom. The van der Waals surface area contributed by atoms with Gasteiger partial charge >= 0.3 is 0 Å². The van der Waals surface area contributed by atoms with Crippen molar-refractivity contribution in [2.24, 2.45) is 0 Å². The number of nitrogens with two attached hydrogens (primary N) is 1. The molecule has 0 bridgehead atoms. The molecule has 8 heteroatoms. The minimum absolute atomic E-state index is 0.225. The lowest BCUT2D eigenvalue weighted by Crippen LogP contribution is -2.46. The second-order valence-corrected chi connectivity index (χ2v) is 7.61. The van der Waals surface area contributed by atoms with Crippen molar-refractivity contribution in [1.29, 1.82) is 0 Å². The first-order valence-corrected chi connectivity index (χ1v) is 10.00. The van der Waals surface area contributed by atoms with E-state index in [1.54, 1.807) is 0 Å². The number of halogens is 1. The molecule has 3 N–H and O–H groups in total. The fourth-order valence-corrected chi connectivity index (χ4v) is 3.64. The van der Waals surface area contributed by atoms with Gasteiger partial charge in [-0.05, 0) is 42.8 Å². The van der Waals surface area contributed by atoms with Gasteiger partial charge < -0.3 is 16.0 Å². The number of hydrogen-bond acceptors (Lipinski definition) is 7. The maximum absolute atomic E-state index is 6.12. The van der Waals surface area contributed by atoms with Crippen molar-refractivity contribution in [2.45, 2.75) is 13.5 Å². The number of benzene rings is 2. The van der Waals surface area contributed by atoms with Crippen LogP contribution in [0.25, 0.3) is 0 Å². The lowest BCUT2D eigenvalue weighted by atomic mass is 10.2. The molecule has 2 aromatic carbocycles. The summed E-state index contributed by atoms with van der Waals surface area (Å²) in [6, 6.07) is 16.0. The molecule has 1 saturated heterocycles. The molecule has 0 spiro atoms. The largest absolute Gasteiger partial charge is 0.369 e. The van der Waals surface area contributed by atoms with Gasteiger partial charge in [0.2, 0.25) is 11.9 Å². The van der Waals surface area contributed by atoms with Gasteiger partial charge in [-0.15, -0.1) is 0 Å². The quantitative estimate of drug-likeness (QED) is 0.667. The molecule has 0 radical (unpaired) electrons. The van der Waals surface area contributed by atoms with E-state index in [0.29, 0.717) is 18.3 Å². The Hall–Kier alpha value is -2.90. The third-order valence-corrected chi connectivity index (χ3v) is 5.12. The van der Waals surface area contributed by atoms with Gasteiger partial charge in [-0.25, -0.2) is 0 Å². The summed E-state index contributed by atoms with van der Waals surface area (Å²) in [6.07, 6.45) is 0. The van der Waals surface area contributed by atoms with Gasteiger partial charge in [0.25, 0.3) is 0 Å². The number of aromatic nitrogens is 3. The third-order valence-electron chi connectivity index (χ3n) is 4.88. The molecular weight excluding hydrogens is 386 g/mol. The van der Waals surface area contributed by atoms with E-state index in [9.17, 15) is 0 Å². The number of aryl methyl sites for hydroxylation is 1. The molecule has 0 atom stereocenters. The molecule has 1 aliphatic heterocycles. The van der Waals surface area contributed by atoms with E-state index >= 15 is 0 Å². The van der Waals surface area contributed by atoms with Crippen LogP contribution < -0.4 is 16.0 Å². The fraction of sp³-hybridized carbons (Fsp3) is 0.286. The summed E-state index contributed by atoms with van der Waals surface area (Å²) < 4.78 is 0. The maximum Gasteiger partial charge on any atom is 0.232 e. The number of rotatable bonds is 5. The van der Waals surface area contributed by atoms with Crippen LogP contribution in [0.5, 0.6) is 0 Å². The minimum atomic E-state index is 0.225. The highest BCUT2D eigenvalue weighted by Crippen LogP contribution is 2.21. The van der Waals surface area contributed by atoms with Crippen LogP contribution in [0.15, 0.2) is 48.5 Å². The molecule has 0 unspecified atom stereocenters. The van der Waals surface area contributed by atoms with E-state index in [4.69, 9.17) is 17.3 Å². The highest BCUT2D eigenvalue weighted by atomic mass is 35.5. The average molecular weight is 410 g/mol. The summed E-state index contributed by atoms with van der Waals surface area (Å²) in [7, 11) is 0. The second-order valence-electron chi connectivity index (χ2n) is 7.17. The Balaban J connectivity index is 1.39. The van der Waals surface area contributed by atoms with E-state index in [1.807, 2.05) is 49.4 Å². The lowest BCUT2D eigenvalue weighted by molar-refractivity contribution is 0.244. The van der Waals surface area contributed by atoms with Gasteiger partial charge in [0.05, 0.1) is 6.54 Å². The molecule has 1 aliphatic rings. The van der Waals surface area contributed by atoms with Crippen molar-refractivity contribution in [2.75, 3.05) is 42.1 Å². The molecule has 3 aromatic rings. The lowest BCUT2D eigenvalue weighted by Gasteiger charge is -2.35. The van der Waals surface area contributed by atoms with Gasteiger partial charge in [-0.1, -0.05) is 29.8 Å². The smallest absolute Gasteiger partial charge is 0.232 e. The summed E-state index contributed by atoms with van der Waals surface area (Å²) in [5.74, 6) is 1.36. The van der Waals surface area contributed by atoms with Crippen LogP contribution in [0.1, 0.15) is 11.4 Å². The Morgan fingerprint density at radius 2 is 1.79 bits per heavy atom. The molecule has 1 fully saturated rings. The fourth-order valence-electron chi connectivity index (χ4n) is 3.45. The highest BCUT2D eigenvalue weighted by Gasteiger charge is 2.19. The summed E-state index contributed by atoms with van der Waals surface area (Å²) in [6.45, 7) is 6.36. The van der Waals surface area contributed by atoms with E-state index in [2.05, 4.69) is 36.1 Å². The molecule has 0 saturated carbocycles. The van der Waals surface area contributed by atoms with Gasteiger partial charge in [-0.3, -0.25) is 4.90 Å². The van der Waals surface area contributed by atoms with Gasteiger partial charge in [-0.2, -0.15) is 15.0 Å². The van der Waals surface area contributed by atoms with E-state index in [-0.39, 0.29) is 5.95 Å². The zero-order chi connectivity index (χ0) is 20.2. The normalized spacial score (nSPS) is 14.8. The summed E-state index contributed by atoms with van der Waals surface area (Å²) in [4.78, 5) is 17.8. The Morgan fingerprint density at radius 1 is 1.00 bits per heavy atom. The van der Waals surface area contributed by atoms with Crippen LogP contribution in [0.4, 0.5) is 23.3 Å². The van der Waals surface area contributed by atoms with Gasteiger partial charge in [0, 0.05) is 42.6 Å². The van der Waals surface area contributed by atoms with Crippen LogP contribution in [0, 0.1) is 6.92 Å². The van der Waals surface area contributed by atoms with Crippen LogP contribution in [-0.4, -0.2) is 46.0 Å². The molecule has 1 aromatic heterocycles. The average Bonchev–Trinajstić information content (AvgIpc) is 2.68. The molecule has 4 rings (SSSR count). The van der Waals surface area contributed by atoms with Crippen molar-refractivity contribution in [3.8, 4) is 0 Å². The minimum Gasteiger partial charge on any atom is -0.369 e. The summed E-state index contributed by atoms with van der Waals surface area (Å²) in [5.41, 5.74) is 9.17. The molecule has 7 nitrogen and oxygen atoms in total. The molecule has 2 heterocycles. The number of nitrogens with one attached hydrogen (secondary N) is 1. The number of hydrogen-bond donors (Lipinski definition) is 2. The Kier molecular flexibility index (Phi) is 5.78. The van der Waals surface area contributed by atoms with Crippen LogP contribution >= 0.6 is 11.6 Å². The summed E-state index contributed by atoms with van der Waals surface area (Å²) >= 11 is 6.12. The maximum atomic E-state index is 6.12. The third kappa shape index (κ3) is 5.13. The Bertz CT molecular complexity index is 986. The van der Waals surface area contributed by atoms with E-state index in [1.165, 1.54) is 0 Å². The monoisotopic (exact) mass is 409 g/mol.